The Morgan fingerprint density at radius 1 is 1.27 bits per heavy atom. The molecule has 0 aliphatic carbocycles. The monoisotopic (exact) mass is 380 g/mol. The zero-order valence-corrected chi connectivity index (χ0v) is 16.9. The van der Waals surface area contributed by atoms with E-state index in [4.69, 9.17) is 9.15 Å². The molecule has 1 amide bonds. The fraction of sp³-hybridized carbons (Fsp3) is 0.450. The first kappa shape index (κ1) is 22.1. The number of nitrogens with one attached hydrogen (secondary N) is 1. The van der Waals surface area contributed by atoms with E-state index < -0.39 is 0 Å². The number of benzene rings is 1. The highest BCUT2D eigenvalue weighted by atomic mass is 35.5. The molecule has 1 aromatic carbocycles. The molecule has 2 rings (SSSR count). The topological polar surface area (TPSA) is 54.7 Å². The molecule has 144 valence electrons. The Balaban J connectivity index is 0.00000338. The number of carbonyl (C=O) groups is 1. The largest absolute Gasteiger partial charge is 0.483 e. The molecule has 2 aromatic rings. The van der Waals surface area contributed by atoms with E-state index in [2.05, 4.69) is 31.3 Å². The van der Waals surface area contributed by atoms with Crippen molar-refractivity contribution in [2.75, 3.05) is 27.2 Å². The van der Waals surface area contributed by atoms with Crippen molar-refractivity contribution in [1.82, 2.24) is 10.2 Å². The summed E-state index contributed by atoms with van der Waals surface area (Å²) in [6.07, 6.45) is 1.64. The number of rotatable bonds is 8. The summed E-state index contributed by atoms with van der Waals surface area (Å²) in [7, 11) is 3.91. The lowest BCUT2D eigenvalue weighted by Crippen LogP contribution is -2.36. The van der Waals surface area contributed by atoms with Crippen LogP contribution in [0.25, 0.3) is 0 Å². The fourth-order valence-electron chi connectivity index (χ4n) is 2.67. The third kappa shape index (κ3) is 6.07. The Morgan fingerprint density at radius 2 is 2.00 bits per heavy atom. The predicted octanol–water partition coefficient (Wildman–Crippen LogP) is 3.93. The minimum absolute atomic E-state index is 0. The van der Waals surface area contributed by atoms with Gasteiger partial charge in [-0.2, -0.15) is 0 Å². The minimum atomic E-state index is -0.144. The highest BCUT2D eigenvalue weighted by molar-refractivity contribution is 5.85. The van der Waals surface area contributed by atoms with Crippen LogP contribution >= 0.6 is 12.4 Å². The molecule has 0 saturated carbocycles. The number of furan rings is 1. The van der Waals surface area contributed by atoms with Crippen LogP contribution in [-0.2, 0) is 4.79 Å². The molecular formula is C20H29ClN2O3. The van der Waals surface area contributed by atoms with Crippen molar-refractivity contribution in [2.45, 2.75) is 32.7 Å². The van der Waals surface area contributed by atoms with E-state index >= 15 is 0 Å². The van der Waals surface area contributed by atoms with Gasteiger partial charge in [-0.15, -0.1) is 12.4 Å². The second kappa shape index (κ2) is 10.2. The maximum absolute atomic E-state index is 12.2. The second-order valence-corrected chi connectivity index (χ2v) is 6.78. The van der Waals surface area contributed by atoms with Gasteiger partial charge in [0, 0.05) is 6.54 Å². The first-order valence-corrected chi connectivity index (χ1v) is 8.58. The average Bonchev–Trinajstić information content (AvgIpc) is 3.06. The maximum atomic E-state index is 12.2. The Bertz CT molecular complexity index is 684. The summed E-state index contributed by atoms with van der Waals surface area (Å²) < 4.78 is 11.2. The van der Waals surface area contributed by atoms with Gasteiger partial charge < -0.3 is 14.5 Å². The summed E-state index contributed by atoms with van der Waals surface area (Å²) in [6.45, 7) is 6.71. The van der Waals surface area contributed by atoms with Crippen LogP contribution < -0.4 is 10.1 Å². The number of aryl methyl sites for hydroxylation is 1. The van der Waals surface area contributed by atoms with E-state index in [0.29, 0.717) is 12.5 Å². The quantitative estimate of drug-likeness (QED) is 0.753. The van der Waals surface area contributed by atoms with Crippen LogP contribution in [0.15, 0.2) is 41.0 Å². The van der Waals surface area contributed by atoms with Crippen molar-refractivity contribution < 1.29 is 13.9 Å². The summed E-state index contributed by atoms with van der Waals surface area (Å²) in [4.78, 5) is 14.2. The molecule has 0 bridgehead atoms. The molecular weight excluding hydrogens is 352 g/mol. The van der Waals surface area contributed by atoms with Gasteiger partial charge in [0.1, 0.15) is 11.5 Å². The number of nitrogens with zero attached hydrogens (tertiary/aromatic N) is 1. The van der Waals surface area contributed by atoms with E-state index in [1.165, 1.54) is 0 Å². The lowest BCUT2D eigenvalue weighted by molar-refractivity contribution is -0.123. The van der Waals surface area contributed by atoms with Crippen LogP contribution in [0, 0.1) is 6.92 Å². The standard InChI is InChI=1S/C20H28N2O3.ClH/c1-14(2)16-9-8-15(3)11-19(16)25-13-20(23)21-12-17(22(4)5)18-7-6-10-24-18;/h6-11,14,17H,12-13H2,1-5H3,(H,21,23);1H. The van der Waals surface area contributed by atoms with Gasteiger partial charge in [0.05, 0.1) is 12.3 Å². The first-order chi connectivity index (χ1) is 11.9. The third-order valence-corrected chi connectivity index (χ3v) is 4.14. The van der Waals surface area contributed by atoms with Crippen LogP contribution in [-0.4, -0.2) is 38.1 Å². The molecule has 6 heteroatoms. The van der Waals surface area contributed by atoms with E-state index in [1.807, 2.05) is 44.1 Å². The van der Waals surface area contributed by atoms with E-state index in [-0.39, 0.29) is 31.0 Å². The smallest absolute Gasteiger partial charge is 0.258 e. The molecule has 0 aliphatic rings. The van der Waals surface area contributed by atoms with Crippen molar-refractivity contribution in [2.24, 2.45) is 0 Å². The second-order valence-electron chi connectivity index (χ2n) is 6.78. The lowest BCUT2D eigenvalue weighted by Gasteiger charge is -2.22. The number of likely N-dealkylation sites (N-methyl/N-ethyl adjacent to an activating group) is 1. The summed E-state index contributed by atoms with van der Waals surface area (Å²) in [5.41, 5.74) is 2.23. The Kier molecular flexibility index (Phi) is 8.69. The van der Waals surface area contributed by atoms with Crippen LogP contribution in [0.2, 0.25) is 0 Å². The Labute approximate surface area is 162 Å². The molecule has 0 saturated heterocycles. The molecule has 5 nitrogen and oxygen atoms in total. The van der Waals surface area contributed by atoms with Crippen molar-refractivity contribution >= 4 is 18.3 Å². The van der Waals surface area contributed by atoms with Crippen LogP contribution in [0.4, 0.5) is 0 Å². The number of hydrogen-bond donors (Lipinski definition) is 1. The number of hydrogen-bond acceptors (Lipinski definition) is 4. The highest BCUT2D eigenvalue weighted by Crippen LogP contribution is 2.27. The summed E-state index contributed by atoms with van der Waals surface area (Å²) in [6, 6.07) is 9.86. The van der Waals surface area contributed by atoms with Gasteiger partial charge in [-0.1, -0.05) is 26.0 Å². The van der Waals surface area contributed by atoms with Crippen molar-refractivity contribution in [1.29, 1.82) is 0 Å². The van der Waals surface area contributed by atoms with E-state index in [1.54, 1.807) is 6.26 Å². The van der Waals surface area contributed by atoms with Gasteiger partial charge in [-0.05, 0) is 56.3 Å². The molecule has 0 aliphatic heterocycles. The van der Waals surface area contributed by atoms with Crippen molar-refractivity contribution in [3.63, 3.8) is 0 Å². The van der Waals surface area contributed by atoms with Gasteiger partial charge in [0.2, 0.25) is 0 Å². The number of amides is 1. The third-order valence-electron chi connectivity index (χ3n) is 4.14. The summed E-state index contributed by atoms with van der Waals surface area (Å²) in [5.74, 6) is 1.80. The van der Waals surface area contributed by atoms with E-state index in [0.717, 1.165) is 22.6 Å². The molecule has 1 unspecified atom stereocenters. The van der Waals surface area contributed by atoms with Gasteiger partial charge in [-0.3, -0.25) is 9.69 Å². The molecule has 0 spiro atoms. The highest BCUT2D eigenvalue weighted by Gasteiger charge is 2.18. The minimum Gasteiger partial charge on any atom is -0.483 e. The Hall–Kier alpha value is -1.98. The lowest BCUT2D eigenvalue weighted by atomic mass is 10.0. The number of carbonyl (C=O) groups excluding carboxylic acids is 1. The molecule has 1 N–H and O–H groups in total. The summed E-state index contributed by atoms with van der Waals surface area (Å²) >= 11 is 0. The molecule has 0 radical (unpaired) electrons. The molecule has 1 aromatic heterocycles. The summed E-state index contributed by atoms with van der Waals surface area (Å²) in [5, 5.41) is 2.92. The van der Waals surface area contributed by atoms with E-state index in [9.17, 15) is 4.79 Å². The van der Waals surface area contributed by atoms with Gasteiger partial charge in [0.25, 0.3) is 5.91 Å². The van der Waals surface area contributed by atoms with Crippen molar-refractivity contribution in [3.8, 4) is 5.75 Å². The number of halogens is 1. The molecule has 26 heavy (non-hydrogen) atoms. The molecule has 0 fully saturated rings. The maximum Gasteiger partial charge on any atom is 0.258 e. The van der Waals surface area contributed by atoms with Gasteiger partial charge in [-0.25, -0.2) is 0 Å². The Morgan fingerprint density at radius 3 is 2.58 bits per heavy atom. The molecule has 1 atom stereocenters. The zero-order chi connectivity index (χ0) is 18.4. The normalized spacial score (nSPS) is 12.0. The van der Waals surface area contributed by atoms with Crippen LogP contribution in [0.5, 0.6) is 5.75 Å². The SMILES string of the molecule is Cc1ccc(C(C)C)c(OCC(=O)NCC(c2ccco2)N(C)C)c1.Cl. The molecule has 1 heterocycles. The van der Waals surface area contributed by atoms with Gasteiger partial charge >= 0.3 is 0 Å². The van der Waals surface area contributed by atoms with Gasteiger partial charge in [0.15, 0.2) is 6.61 Å². The van der Waals surface area contributed by atoms with Crippen LogP contribution in [0.1, 0.15) is 42.7 Å². The van der Waals surface area contributed by atoms with Crippen LogP contribution in [0.3, 0.4) is 0 Å². The predicted molar refractivity (Wildman–Crippen MR) is 106 cm³/mol. The first-order valence-electron chi connectivity index (χ1n) is 8.58. The zero-order valence-electron chi connectivity index (χ0n) is 16.1. The number of ether oxygens (including phenoxy) is 1. The van der Waals surface area contributed by atoms with Crippen molar-refractivity contribution in [3.05, 3.63) is 53.5 Å². The average molecular weight is 381 g/mol. The fourth-order valence-corrected chi connectivity index (χ4v) is 2.67.